The molecule has 0 bridgehead atoms. The second-order valence-electron chi connectivity index (χ2n) is 6.14. The largest absolute Gasteiger partial charge is 0.394 e. The Morgan fingerprint density at radius 3 is 2.79 bits per heavy atom. The van der Waals surface area contributed by atoms with E-state index in [4.69, 9.17) is 0 Å². The number of aliphatic hydroxyl groups excluding tert-OH is 1. The Labute approximate surface area is 116 Å². The van der Waals surface area contributed by atoms with E-state index >= 15 is 0 Å². The smallest absolute Gasteiger partial charge is 0.153 e. The molecular weight excluding hydrogens is 264 g/mol. The number of aliphatic hydroxyl groups is 1. The van der Waals surface area contributed by atoms with Crippen LogP contribution in [0.2, 0.25) is 0 Å². The van der Waals surface area contributed by atoms with Crippen LogP contribution in [0.3, 0.4) is 0 Å². The van der Waals surface area contributed by atoms with Crippen molar-refractivity contribution in [3.63, 3.8) is 0 Å². The zero-order chi connectivity index (χ0) is 14.1. The van der Waals surface area contributed by atoms with Crippen LogP contribution in [0.25, 0.3) is 0 Å². The van der Waals surface area contributed by atoms with Gasteiger partial charge in [-0.05, 0) is 39.7 Å². The Kier molecular flexibility index (Phi) is 4.55. The Morgan fingerprint density at radius 2 is 2.21 bits per heavy atom. The summed E-state index contributed by atoms with van der Waals surface area (Å²) in [5.74, 6) is 0.550. The van der Waals surface area contributed by atoms with Gasteiger partial charge in [-0.3, -0.25) is 4.90 Å². The van der Waals surface area contributed by atoms with Crippen LogP contribution in [0, 0.1) is 0 Å². The molecule has 0 radical (unpaired) electrons. The summed E-state index contributed by atoms with van der Waals surface area (Å²) in [7, 11) is -0.945. The molecule has 6 heteroatoms. The fraction of sp³-hybridized carbons (Fsp3) is 1.00. The summed E-state index contributed by atoms with van der Waals surface area (Å²) in [6, 6.07) is 0.481. The van der Waals surface area contributed by atoms with Crippen LogP contribution in [-0.2, 0) is 9.84 Å². The highest BCUT2D eigenvalue weighted by molar-refractivity contribution is 7.91. The first-order chi connectivity index (χ1) is 8.91. The van der Waals surface area contributed by atoms with Crippen molar-refractivity contribution in [3.8, 4) is 0 Å². The Balaban J connectivity index is 2.06. The molecule has 5 nitrogen and oxygen atoms in total. The van der Waals surface area contributed by atoms with Gasteiger partial charge in [-0.25, -0.2) is 8.42 Å². The van der Waals surface area contributed by atoms with Gasteiger partial charge in [-0.15, -0.1) is 0 Å². The molecule has 0 aromatic heterocycles. The van der Waals surface area contributed by atoms with Gasteiger partial charge < -0.3 is 10.4 Å². The van der Waals surface area contributed by atoms with Gasteiger partial charge in [0.15, 0.2) is 9.84 Å². The molecular formula is C13H26N2O3S. The molecule has 2 N–H and O–H groups in total. The number of sulfone groups is 1. The van der Waals surface area contributed by atoms with E-state index in [1.807, 2.05) is 14.0 Å². The van der Waals surface area contributed by atoms with Gasteiger partial charge in [0, 0.05) is 24.2 Å². The summed E-state index contributed by atoms with van der Waals surface area (Å²) in [5, 5.41) is 12.9. The molecule has 1 saturated carbocycles. The van der Waals surface area contributed by atoms with Gasteiger partial charge in [-0.2, -0.15) is 0 Å². The standard InChI is InChI=1S/C13H26N2O3S/c1-11-9-19(17,18)7-6-15(11)12-4-3-5-13(8-12,10-16)14-2/h11-12,14,16H,3-10H2,1-2H3. The predicted molar refractivity (Wildman–Crippen MR) is 76.0 cm³/mol. The van der Waals surface area contributed by atoms with Crippen LogP contribution in [0.5, 0.6) is 0 Å². The second-order valence-corrected chi connectivity index (χ2v) is 8.37. The van der Waals surface area contributed by atoms with Crippen LogP contribution in [0.1, 0.15) is 32.6 Å². The zero-order valence-corrected chi connectivity index (χ0v) is 12.7. The van der Waals surface area contributed by atoms with Gasteiger partial charge in [0.2, 0.25) is 0 Å². The van der Waals surface area contributed by atoms with Gasteiger partial charge in [-0.1, -0.05) is 0 Å². The lowest BCUT2D eigenvalue weighted by Crippen LogP contribution is -2.58. The molecule has 3 unspecified atom stereocenters. The van der Waals surface area contributed by atoms with Crippen molar-refractivity contribution in [1.82, 2.24) is 10.2 Å². The van der Waals surface area contributed by atoms with E-state index in [1.165, 1.54) is 0 Å². The first kappa shape index (κ1) is 15.2. The number of hydrogen-bond acceptors (Lipinski definition) is 5. The van der Waals surface area contributed by atoms with E-state index in [0.29, 0.717) is 12.6 Å². The van der Waals surface area contributed by atoms with Crippen LogP contribution in [-0.4, -0.2) is 67.8 Å². The summed E-state index contributed by atoms with van der Waals surface area (Å²) in [6.07, 6.45) is 4.09. The zero-order valence-electron chi connectivity index (χ0n) is 11.9. The molecule has 2 aliphatic rings. The average Bonchev–Trinajstić information content (AvgIpc) is 2.37. The molecule has 1 heterocycles. The summed E-state index contributed by atoms with van der Waals surface area (Å²) >= 11 is 0. The van der Waals surface area contributed by atoms with Crippen molar-refractivity contribution < 1.29 is 13.5 Å². The molecule has 0 aromatic rings. The van der Waals surface area contributed by atoms with Crippen molar-refractivity contribution >= 4 is 9.84 Å². The highest BCUT2D eigenvalue weighted by atomic mass is 32.2. The summed E-state index contributed by atoms with van der Waals surface area (Å²) < 4.78 is 23.3. The van der Waals surface area contributed by atoms with E-state index in [0.717, 1.165) is 25.7 Å². The molecule has 2 fully saturated rings. The van der Waals surface area contributed by atoms with E-state index in [1.54, 1.807) is 0 Å². The average molecular weight is 290 g/mol. The Hall–Kier alpha value is -0.170. The van der Waals surface area contributed by atoms with Crippen molar-refractivity contribution in [2.45, 2.75) is 50.2 Å². The molecule has 0 spiro atoms. The lowest BCUT2D eigenvalue weighted by atomic mass is 9.78. The fourth-order valence-corrected chi connectivity index (χ4v) is 5.20. The van der Waals surface area contributed by atoms with E-state index in [2.05, 4.69) is 10.2 Å². The third kappa shape index (κ3) is 3.29. The van der Waals surface area contributed by atoms with Crippen molar-refractivity contribution in [3.05, 3.63) is 0 Å². The van der Waals surface area contributed by atoms with Gasteiger partial charge in [0.1, 0.15) is 0 Å². The van der Waals surface area contributed by atoms with Crippen molar-refractivity contribution in [2.24, 2.45) is 0 Å². The number of nitrogens with one attached hydrogen (secondary N) is 1. The lowest BCUT2D eigenvalue weighted by molar-refractivity contribution is 0.0507. The summed E-state index contributed by atoms with van der Waals surface area (Å²) in [4.78, 5) is 2.34. The maximum Gasteiger partial charge on any atom is 0.153 e. The molecule has 0 amide bonds. The lowest BCUT2D eigenvalue weighted by Gasteiger charge is -2.47. The van der Waals surface area contributed by atoms with Gasteiger partial charge in [0.05, 0.1) is 18.1 Å². The van der Waals surface area contributed by atoms with Gasteiger partial charge in [0.25, 0.3) is 0 Å². The first-order valence-corrected chi connectivity index (χ1v) is 8.99. The molecule has 0 aromatic carbocycles. The number of hydrogen-bond donors (Lipinski definition) is 2. The molecule has 1 saturated heterocycles. The van der Waals surface area contributed by atoms with E-state index < -0.39 is 9.84 Å². The number of nitrogens with zero attached hydrogens (tertiary/aromatic N) is 1. The quantitative estimate of drug-likeness (QED) is 0.765. The first-order valence-electron chi connectivity index (χ1n) is 7.17. The highest BCUT2D eigenvalue weighted by Crippen LogP contribution is 2.32. The normalized spacial score (nSPS) is 40.2. The Morgan fingerprint density at radius 1 is 1.47 bits per heavy atom. The highest BCUT2D eigenvalue weighted by Gasteiger charge is 2.40. The van der Waals surface area contributed by atoms with Crippen LogP contribution in [0.15, 0.2) is 0 Å². The summed E-state index contributed by atoms with van der Waals surface area (Å²) in [5.41, 5.74) is -0.182. The Bertz CT molecular complexity index is 406. The number of likely N-dealkylation sites (N-methyl/N-ethyl adjacent to an activating group) is 1. The molecule has 2 rings (SSSR count). The van der Waals surface area contributed by atoms with Crippen LogP contribution in [0.4, 0.5) is 0 Å². The second kappa shape index (κ2) is 5.68. The predicted octanol–water partition coefficient (Wildman–Crippen LogP) is -0.00160. The summed E-state index contributed by atoms with van der Waals surface area (Å²) in [6.45, 7) is 2.80. The minimum absolute atomic E-state index is 0.0927. The molecule has 19 heavy (non-hydrogen) atoms. The molecule has 112 valence electrons. The fourth-order valence-electron chi connectivity index (χ4n) is 3.62. The van der Waals surface area contributed by atoms with E-state index in [9.17, 15) is 13.5 Å². The topological polar surface area (TPSA) is 69.6 Å². The van der Waals surface area contributed by atoms with Crippen LogP contribution < -0.4 is 5.32 Å². The minimum atomic E-state index is -2.85. The van der Waals surface area contributed by atoms with Gasteiger partial charge >= 0.3 is 0 Å². The molecule has 1 aliphatic carbocycles. The van der Waals surface area contributed by atoms with Crippen LogP contribution >= 0.6 is 0 Å². The third-order valence-corrected chi connectivity index (χ3v) is 6.64. The monoisotopic (exact) mass is 290 g/mol. The molecule has 3 atom stereocenters. The third-order valence-electron chi connectivity index (χ3n) is 4.84. The maximum atomic E-state index is 11.7. The SMILES string of the molecule is CNC1(CO)CCCC(N2CCS(=O)(=O)CC2C)C1. The maximum absolute atomic E-state index is 11.7. The van der Waals surface area contributed by atoms with Crippen molar-refractivity contribution in [1.29, 1.82) is 0 Å². The number of rotatable bonds is 3. The van der Waals surface area contributed by atoms with Crippen molar-refractivity contribution in [2.75, 3.05) is 31.7 Å². The van der Waals surface area contributed by atoms with E-state index in [-0.39, 0.29) is 29.7 Å². The molecule has 1 aliphatic heterocycles. The minimum Gasteiger partial charge on any atom is -0.394 e.